The highest BCUT2D eigenvalue weighted by Gasteiger charge is 2.14. The normalized spacial score (nSPS) is 13.9. The van der Waals surface area contributed by atoms with Crippen molar-refractivity contribution in [1.82, 2.24) is 0 Å². The zero-order valence-corrected chi connectivity index (χ0v) is 15.7. The summed E-state index contributed by atoms with van der Waals surface area (Å²) in [5.41, 5.74) is 4.12. The summed E-state index contributed by atoms with van der Waals surface area (Å²) in [6.07, 6.45) is 0. The van der Waals surface area contributed by atoms with Crippen LogP contribution in [0.1, 0.15) is 21.5 Å². The zero-order chi connectivity index (χ0) is 19.2. The molecule has 0 spiro atoms. The molecule has 0 bridgehead atoms. The summed E-state index contributed by atoms with van der Waals surface area (Å²) >= 11 is 0. The number of esters is 1. The van der Waals surface area contributed by atoms with Gasteiger partial charge >= 0.3 is 5.97 Å². The Morgan fingerprint density at radius 2 is 1.78 bits per heavy atom. The van der Waals surface area contributed by atoms with Crippen LogP contribution in [0.2, 0.25) is 0 Å². The Kier molecular flexibility index (Phi) is 6.08. The van der Waals surface area contributed by atoms with E-state index in [0.717, 1.165) is 43.1 Å². The van der Waals surface area contributed by atoms with E-state index in [2.05, 4.69) is 10.2 Å². The number of ether oxygens (including phenoxy) is 2. The second kappa shape index (κ2) is 8.68. The Morgan fingerprint density at radius 3 is 2.48 bits per heavy atom. The van der Waals surface area contributed by atoms with Gasteiger partial charge in [0.15, 0.2) is 6.61 Å². The van der Waals surface area contributed by atoms with E-state index >= 15 is 0 Å². The van der Waals surface area contributed by atoms with Crippen LogP contribution < -0.4 is 10.2 Å². The average Bonchev–Trinajstić information content (AvgIpc) is 2.69. The summed E-state index contributed by atoms with van der Waals surface area (Å²) in [4.78, 5) is 26.5. The van der Waals surface area contributed by atoms with Gasteiger partial charge in [0, 0.05) is 24.5 Å². The molecule has 3 rings (SSSR count). The first-order valence-electron chi connectivity index (χ1n) is 9.00. The van der Waals surface area contributed by atoms with Crippen molar-refractivity contribution in [2.45, 2.75) is 13.8 Å². The molecular weight excluding hydrogens is 344 g/mol. The fraction of sp³-hybridized carbons (Fsp3) is 0.333. The monoisotopic (exact) mass is 368 g/mol. The Hall–Kier alpha value is -2.86. The van der Waals surface area contributed by atoms with Crippen molar-refractivity contribution in [3.63, 3.8) is 0 Å². The summed E-state index contributed by atoms with van der Waals surface area (Å²) in [5, 5.41) is 2.75. The van der Waals surface area contributed by atoms with Crippen LogP contribution in [0.5, 0.6) is 0 Å². The molecule has 27 heavy (non-hydrogen) atoms. The van der Waals surface area contributed by atoms with Gasteiger partial charge < -0.3 is 19.7 Å². The van der Waals surface area contributed by atoms with Gasteiger partial charge in [-0.3, -0.25) is 4.79 Å². The zero-order valence-electron chi connectivity index (χ0n) is 15.7. The van der Waals surface area contributed by atoms with Gasteiger partial charge in [0.1, 0.15) is 0 Å². The molecule has 0 unspecified atom stereocenters. The minimum absolute atomic E-state index is 0.322. The van der Waals surface area contributed by atoms with Gasteiger partial charge in [-0.25, -0.2) is 4.79 Å². The molecule has 2 aromatic carbocycles. The molecule has 1 N–H and O–H groups in total. The predicted octanol–water partition coefficient (Wildman–Crippen LogP) is 2.94. The Balaban J connectivity index is 1.51. The van der Waals surface area contributed by atoms with E-state index in [1.54, 1.807) is 12.1 Å². The molecule has 6 heteroatoms. The summed E-state index contributed by atoms with van der Waals surface area (Å²) < 4.78 is 10.5. The summed E-state index contributed by atoms with van der Waals surface area (Å²) in [6.45, 7) is 6.65. The molecule has 0 aliphatic carbocycles. The van der Waals surface area contributed by atoms with Gasteiger partial charge in [0.05, 0.1) is 18.8 Å². The number of carbonyl (C=O) groups is 2. The first-order valence-corrected chi connectivity index (χ1v) is 9.00. The van der Waals surface area contributed by atoms with Crippen molar-refractivity contribution in [3.05, 3.63) is 59.2 Å². The maximum absolute atomic E-state index is 12.2. The van der Waals surface area contributed by atoms with E-state index in [1.807, 2.05) is 44.2 Å². The maximum Gasteiger partial charge on any atom is 0.338 e. The van der Waals surface area contributed by atoms with E-state index < -0.39 is 5.97 Å². The van der Waals surface area contributed by atoms with Crippen molar-refractivity contribution >= 4 is 23.3 Å². The first-order chi connectivity index (χ1) is 13.0. The molecule has 0 aromatic heterocycles. The number of hydrogen-bond donors (Lipinski definition) is 1. The minimum atomic E-state index is -0.492. The van der Waals surface area contributed by atoms with Gasteiger partial charge in [-0.2, -0.15) is 0 Å². The van der Waals surface area contributed by atoms with Gasteiger partial charge in [0.2, 0.25) is 0 Å². The largest absolute Gasteiger partial charge is 0.452 e. The number of aryl methyl sites for hydroxylation is 1. The van der Waals surface area contributed by atoms with Crippen LogP contribution in [0.25, 0.3) is 0 Å². The third kappa shape index (κ3) is 4.86. The van der Waals surface area contributed by atoms with E-state index in [4.69, 9.17) is 9.47 Å². The van der Waals surface area contributed by atoms with E-state index in [9.17, 15) is 9.59 Å². The van der Waals surface area contributed by atoms with Crippen LogP contribution in [0, 0.1) is 13.8 Å². The van der Waals surface area contributed by atoms with Crippen LogP contribution in [0.4, 0.5) is 11.4 Å². The Morgan fingerprint density at radius 1 is 1.07 bits per heavy atom. The van der Waals surface area contributed by atoms with Crippen molar-refractivity contribution in [1.29, 1.82) is 0 Å². The third-order valence-corrected chi connectivity index (χ3v) is 4.69. The molecular formula is C21H24N2O4. The summed E-state index contributed by atoms with van der Waals surface area (Å²) in [5.74, 6) is -0.859. The molecule has 1 saturated heterocycles. The standard InChI is InChI=1S/C21H24N2O4/c1-15-4-3-5-19(16(15)2)21(25)27-14-20(24)22-17-6-8-18(9-7-17)23-10-12-26-13-11-23/h3-9H,10-14H2,1-2H3,(H,22,24). The smallest absolute Gasteiger partial charge is 0.338 e. The highest BCUT2D eigenvalue weighted by Crippen LogP contribution is 2.19. The van der Waals surface area contributed by atoms with Gasteiger partial charge in [-0.05, 0) is 55.3 Å². The molecule has 1 aliphatic rings. The van der Waals surface area contributed by atoms with E-state index in [0.29, 0.717) is 11.3 Å². The van der Waals surface area contributed by atoms with Crippen LogP contribution in [0.15, 0.2) is 42.5 Å². The average molecular weight is 368 g/mol. The lowest BCUT2D eigenvalue weighted by atomic mass is 10.0. The molecule has 0 saturated carbocycles. The number of nitrogens with one attached hydrogen (secondary N) is 1. The van der Waals surface area contributed by atoms with Gasteiger partial charge in [-0.1, -0.05) is 12.1 Å². The molecule has 1 heterocycles. The lowest BCUT2D eigenvalue weighted by molar-refractivity contribution is -0.119. The number of amides is 1. The van der Waals surface area contributed by atoms with Crippen molar-refractivity contribution in [3.8, 4) is 0 Å². The van der Waals surface area contributed by atoms with Gasteiger partial charge in [-0.15, -0.1) is 0 Å². The van der Waals surface area contributed by atoms with Crippen molar-refractivity contribution in [2.24, 2.45) is 0 Å². The van der Waals surface area contributed by atoms with E-state index in [1.165, 1.54) is 0 Å². The van der Waals surface area contributed by atoms with Crippen LogP contribution in [0.3, 0.4) is 0 Å². The SMILES string of the molecule is Cc1cccc(C(=O)OCC(=O)Nc2ccc(N3CCOCC3)cc2)c1C. The first kappa shape index (κ1) is 18.9. The molecule has 142 valence electrons. The molecule has 2 aromatic rings. The van der Waals surface area contributed by atoms with Crippen LogP contribution in [-0.4, -0.2) is 44.8 Å². The van der Waals surface area contributed by atoms with Crippen LogP contribution in [-0.2, 0) is 14.3 Å². The Bertz CT molecular complexity index is 811. The summed E-state index contributed by atoms with van der Waals surface area (Å²) in [6, 6.07) is 13.0. The predicted molar refractivity (Wildman–Crippen MR) is 104 cm³/mol. The number of nitrogens with zero attached hydrogens (tertiary/aromatic N) is 1. The quantitative estimate of drug-likeness (QED) is 0.822. The Labute approximate surface area is 159 Å². The highest BCUT2D eigenvalue weighted by molar-refractivity contribution is 5.96. The number of morpholine rings is 1. The lowest BCUT2D eigenvalue weighted by Crippen LogP contribution is -2.36. The highest BCUT2D eigenvalue weighted by atomic mass is 16.5. The maximum atomic E-state index is 12.2. The van der Waals surface area contributed by atoms with Gasteiger partial charge in [0.25, 0.3) is 5.91 Å². The molecule has 6 nitrogen and oxygen atoms in total. The fourth-order valence-corrected chi connectivity index (χ4v) is 2.96. The molecule has 1 fully saturated rings. The molecule has 1 amide bonds. The number of carbonyl (C=O) groups excluding carboxylic acids is 2. The van der Waals surface area contributed by atoms with Crippen LogP contribution >= 0.6 is 0 Å². The molecule has 0 radical (unpaired) electrons. The van der Waals surface area contributed by atoms with E-state index in [-0.39, 0.29) is 12.5 Å². The number of hydrogen-bond acceptors (Lipinski definition) is 5. The number of anilines is 2. The second-order valence-corrected chi connectivity index (χ2v) is 6.52. The van der Waals surface area contributed by atoms with Crippen molar-refractivity contribution < 1.29 is 19.1 Å². The number of rotatable bonds is 5. The minimum Gasteiger partial charge on any atom is -0.452 e. The molecule has 0 atom stereocenters. The number of benzene rings is 2. The van der Waals surface area contributed by atoms with Crippen molar-refractivity contribution in [2.75, 3.05) is 43.1 Å². The topological polar surface area (TPSA) is 67.9 Å². The fourth-order valence-electron chi connectivity index (χ4n) is 2.96. The lowest BCUT2D eigenvalue weighted by Gasteiger charge is -2.28. The second-order valence-electron chi connectivity index (χ2n) is 6.52. The third-order valence-electron chi connectivity index (χ3n) is 4.69. The molecule has 1 aliphatic heterocycles. The summed E-state index contributed by atoms with van der Waals surface area (Å²) in [7, 11) is 0.